The fourth-order valence-electron chi connectivity index (χ4n) is 2.76. The Morgan fingerprint density at radius 1 is 0.885 bits per heavy atom. The van der Waals surface area contributed by atoms with Crippen molar-refractivity contribution in [1.82, 2.24) is 0 Å². The van der Waals surface area contributed by atoms with Crippen molar-refractivity contribution >= 4 is 27.3 Å². The Balaban J connectivity index is 2.12. The van der Waals surface area contributed by atoms with Crippen LogP contribution < -0.4 is 4.31 Å². The lowest BCUT2D eigenvalue weighted by molar-refractivity contribution is 0.590. The van der Waals surface area contributed by atoms with Gasteiger partial charge in [-0.05, 0) is 60.9 Å². The summed E-state index contributed by atoms with van der Waals surface area (Å²) in [5, 5.41) is 0.623. The van der Waals surface area contributed by atoms with Gasteiger partial charge < -0.3 is 0 Å². The van der Waals surface area contributed by atoms with E-state index in [1.165, 1.54) is 4.31 Å². The van der Waals surface area contributed by atoms with Crippen LogP contribution in [0.5, 0.6) is 0 Å². The quantitative estimate of drug-likeness (QED) is 0.593. The molecule has 5 heteroatoms. The van der Waals surface area contributed by atoms with Gasteiger partial charge in [-0.3, -0.25) is 4.31 Å². The van der Waals surface area contributed by atoms with Gasteiger partial charge in [0, 0.05) is 5.02 Å². The average Bonchev–Trinajstić information content (AvgIpc) is 2.64. The van der Waals surface area contributed by atoms with Crippen molar-refractivity contribution in [2.45, 2.75) is 25.3 Å². The standard InChI is InChI=1S/C21H20ClNO2S/c1-16-8-9-17(2)21(14-16)23(15-18-10-12-19(22)13-11-18)26(24,25)20-6-4-3-5-7-20/h3-14H,15H2,1-2H3. The van der Waals surface area contributed by atoms with E-state index in [9.17, 15) is 8.42 Å². The molecule has 134 valence electrons. The minimum absolute atomic E-state index is 0.235. The largest absolute Gasteiger partial charge is 0.264 e. The van der Waals surface area contributed by atoms with Gasteiger partial charge in [-0.2, -0.15) is 0 Å². The smallest absolute Gasteiger partial charge is 0.262 e. The molecule has 0 saturated carbocycles. The molecule has 26 heavy (non-hydrogen) atoms. The molecule has 3 nitrogen and oxygen atoms in total. The van der Waals surface area contributed by atoms with E-state index in [0.717, 1.165) is 16.7 Å². The summed E-state index contributed by atoms with van der Waals surface area (Å²) >= 11 is 5.97. The van der Waals surface area contributed by atoms with Crippen LogP contribution in [0.4, 0.5) is 5.69 Å². The third-order valence-corrected chi connectivity index (χ3v) is 6.23. The van der Waals surface area contributed by atoms with Crippen LogP contribution in [0.15, 0.2) is 77.7 Å². The van der Waals surface area contributed by atoms with Crippen molar-refractivity contribution in [2.75, 3.05) is 4.31 Å². The summed E-state index contributed by atoms with van der Waals surface area (Å²) in [5.41, 5.74) is 3.47. The second-order valence-corrected chi connectivity index (χ2v) is 8.54. The minimum atomic E-state index is -3.70. The monoisotopic (exact) mass is 385 g/mol. The first-order chi connectivity index (χ1) is 12.4. The molecule has 0 atom stereocenters. The van der Waals surface area contributed by atoms with E-state index in [1.54, 1.807) is 42.5 Å². The van der Waals surface area contributed by atoms with Crippen LogP contribution in [0.3, 0.4) is 0 Å². The maximum Gasteiger partial charge on any atom is 0.264 e. The van der Waals surface area contributed by atoms with Crippen LogP contribution in [-0.4, -0.2) is 8.42 Å². The number of aryl methyl sites for hydroxylation is 2. The fourth-order valence-corrected chi connectivity index (χ4v) is 4.42. The van der Waals surface area contributed by atoms with Crippen LogP contribution in [0.25, 0.3) is 0 Å². The molecule has 0 spiro atoms. The minimum Gasteiger partial charge on any atom is -0.262 e. The van der Waals surface area contributed by atoms with Crippen molar-refractivity contribution in [3.05, 3.63) is 94.5 Å². The van der Waals surface area contributed by atoms with E-state index in [0.29, 0.717) is 10.7 Å². The van der Waals surface area contributed by atoms with Crippen LogP contribution in [0.2, 0.25) is 5.02 Å². The maximum absolute atomic E-state index is 13.4. The first-order valence-corrected chi connectivity index (χ1v) is 10.1. The number of rotatable bonds is 5. The number of anilines is 1. The highest BCUT2D eigenvalue weighted by molar-refractivity contribution is 7.92. The molecule has 3 rings (SSSR count). The number of nitrogens with zero attached hydrogens (tertiary/aromatic N) is 1. The number of benzene rings is 3. The molecule has 0 radical (unpaired) electrons. The molecule has 0 saturated heterocycles. The molecule has 3 aromatic carbocycles. The van der Waals surface area contributed by atoms with Crippen molar-refractivity contribution in [3.63, 3.8) is 0 Å². The zero-order chi connectivity index (χ0) is 18.7. The number of halogens is 1. The molecule has 0 aliphatic rings. The van der Waals surface area contributed by atoms with Gasteiger partial charge in [0.1, 0.15) is 0 Å². The van der Waals surface area contributed by atoms with Gasteiger partial charge >= 0.3 is 0 Å². The molecule has 0 aliphatic carbocycles. The van der Waals surface area contributed by atoms with E-state index < -0.39 is 10.0 Å². The molecule has 0 N–H and O–H groups in total. The van der Waals surface area contributed by atoms with Gasteiger partial charge in [-0.15, -0.1) is 0 Å². The number of hydrogen-bond acceptors (Lipinski definition) is 2. The second-order valence-electron chi connectivity index (χ2n) is 6.24. The first-order valence-electron chi connectivity index (χ1n) is 8.27. The Morgan fingerprint density at radius 3 is 2.19 bits per heavy atom. The van der Waals surface area contributed by atoms with Crippen molar-refractivity contribution in [3.8, 4) is 0 Å². The van der Waals surface area contributed by atoms with E-state index in [2.05, 4.69) is 0 Å². The fraction of sp³-hybridized carbons (Fsp3) is 0.143. The maximum atomic E-state index is 13.4. The highest BCUT2D eigenvalue weighted by Gasteiger charge is 2.26. The molecule has 0 aliphatic heterocycles. The van der Waals surface area contributed by atoms with Gasteiger partial charge in [0.25, 0.3) is 10.0 Å². The number of sulfonamides is 1. The van der Waals surface area contributed by atoms with Gasteiger partial charge in [-0.1, -0.05) is 54.1 Å². The zero-order valence-electron chi connectivity index (χ0n) is 14.7. The van der Waals surface area contributed by atoms with E-state index in [1.807, 2.05) is 44.2 Å². The van der Waals surface area contributed by atoms with Crippen LogP contribution in [0, 0.1) is 13.8 Å². The Hall–Kier alpha value is -2.30. The topological polar surface area (TPSA) is 37.4 Å². The van der Waals surface area contributed by atoms with Gasteiger partial charge in [0.2, 0.25) is 0 Å². The van der Waals surface area contributed by atoms with Gasteiger partial charge in [-0.25, -0.2) is 8.42 Å². The molecule has 0 fully saturated rings. The van der Waals surface area contributed by atoms with E-state index >= 15 is 0 Å². The van der Waals surface area contributed by atoms with Crippen molar-refractivity contribution in [2.24, 2.45) is 0 Å². The highest BCUT2D eigenvalue weighted by Crippen LogP contribution is 2.30. The Kier molecular flexibility index (Phi) is 5.35. The predicted octanol–water partition coefficient (Wildman–Crippen LogP) is 5.35. The lowest BCUT2D eigenvalue weighted by Gasteiger charge is -2.26. The van der Waals surface area contributed by atoms with E-state index in [4.69, 9.17) is 11.6 Å². The first kappa shape index (κ1) is 18.5. The lowest BCUT2D eigenvalue weighted by Crippen LogP contribution is -2.31. The average molecular weight is 386 g/mol. The Labute approximate surface area is 159 Å². The van der Waals surface area contributed by atoms with E-state index in [-0.39, 0.29) is 11.4 Å². The molecular weight excluding hydrogens is 366 g/mol. The Bertz CT molecular complexity index is 1000. The summed E-state index contributed by atoms with van der Waals surface area (Å²) in [7, 11) is -3.70. The summed E-state index contributed by atoms with van der Waals surface area (Å²) in [6, 6.07) is 21.6. The summed E-state index contributed by atoms with van der Waals surface area (Å²) in [6.07, 6.45) is 0. The SMILES string of the molecule is Cc1ccc(C)c(N(Cc2ccc(Cl)cc2)S(=O)(=O)c2ccccc2)c1. The van der Waals surface area contributed by atoms with Crippen LogP contribution in [-0.2, 0) is 16.6 Å². The number of hydrogen-bond donors (Lipinski definition) is 0. The zero-order valence-corrected chi connectivity index (χ0v) is 16.3. The van der Waals surface area contributed by atoms with Crippen LogP contribution >= 0.6 is 11.6 Å². The third kappa shape index (κ3) is 3.92. The molecule has 0 unspecified atom stereocenters. The summed E-state index contributed by atoms with van der Waals surface area (Å²) in [6.45, 7) is 4.11. The third-order valence-electron chi connectivity index (χ3n) is 4.20. The molecule has 0 aromatic heterocycles. The molecule has 3 aromatic rings. The van der Waals surface area contributed by atoms with Crippen molar-refractivity contribution in [1.29, 1.82) is 0 Å². The summed E-state index contributed by atoms with van der Waals surface area (Å²) in [5.74, 6) is 0. The Morgan fingerprint density at radius 2 is 1.54 bits per heavy atom. The summed E-state index contributed by atoms with van der Waals surface area (Å²) < 4.78 is 28.2. The normalized spacial score (nSPS) is 11.3. The lowest BCUT2D eigenvalue weighted by atomic mass is 10.1. The highest BCUT2D eigenvalue weighted by atomic mass is 35.5. The second kappa shape index (κ2) is 7.52. The van der Waals surface area contributed by atoms with Gasteiger partial charge in [0.05, 0.1) is 17.1 Å². The van der Waals surface area contributed by atoms with Crippen molar-refractivity contribution < 1.29 is 8.42 Å². The van der Waals surface area contributed by atoms with Crippen LogP contribution in [0.1, 0.15) is 16.7 Å². The van der Waals surface area contributed by atoms with Gasteiger partial charge in [0.15, 0.2) is 0 Å². The summed E-state index contributed by atoms with van der Waals surface area (Å²) in [4.78, 5) is 0.273. The molecule has 0 amide bonds. The predicted molar refractivity (Wildman–Crippen MR) is 107 cm³/mol. The molecule has 0 heterocycles. The molecule has 0 bridgehead atoms. The molecular formula is C21H20ClNO2S.